The van der Waals surface area contributed by atoms with E-state index in [1.165, 1.54) is 25.4 Å². The number of anilines is 4. The molecule has 1 heterocycles. The zero-order valence-electron chi connectivity index (χ0n) is 14.7. The maximum atomic E-state index is 13.6. The van der Waals surface area contributed by atoms with Crippen LogP contribution in [0.5, 0.6) is 0 Å². The Hall–Kier alpha value is -3.88. The lowest BCUT2D eigenvalue weighted by Crippen LogP contribution is -2.16. The second-order valence-electron chi connectivity index (χ2n) is 5.72. The van der Waals surface area contributed by atoms with Crippen molar-refractivity contribution in [2.24, 2.45) is 0 Å². The first-order valence-corrected chi connectivity index (χ1v) is 8.14. The molecule has 0 atom stereocenters. The molecule has 3 N–H and O–H groups in total. The van der Waals surface area contributed by atoms with Gasteiger partial charge in [-0.25, -0.2) is 18.7 Å². The van der Waals surface area contributed by atoms with Crippen molar-refractivity contribution in [3.63, 3.8) is 0 Å². The number of amides is 2. The Morgan fingerprint density at radius 2 is 1.50 bits per heavy atom. The lowest BCUT2D eigenvalue weighted by molar-refractivity contribution is -0.114. The number of carbonyl (C=O) groups excluding carboxylic acids is 2. The van der Waals surface area contributed by atoms with Gasteiger partial charge < -0.3 is 16.0 Å². The third kappa shape index (κ3) is 4.64. The molecule has 7 nitrogen and oxygen atoms in total. The summed E-state index contributed by atoms with van der Waals surface area (Å²) in [6, 6.07) is 10.2. The molecule has 0 aliphatic heterocycles. The number of rotatable bonds is 5. The molecule has 2 amide bonds. The first-order chi connectivity index (χ1) is 13.4. The molecule has 2 aromatic carbocycles. The monoisotopic (exact) mass is 383 g/mol. The predicted octanol–water partition coefficient (Wildman–Crippen LogP) is 3.71. The van der Waals surface area contributed by atoms with Crippen LogP contribution in [0.25, 0.3) is 0 Å². The Morgan fingerprint density at radius 1 is 0.857 bits per heavy atom. The summed E-state index contributed by atoms with van der Waals surface area (Å²) in [4.78, 5) is 31.1. The predicted molar refractivity (Wildman–Crippen MR) is 100 cm³/mol. The molecule has 0 spiro atoms. The summed E-state index contributed by atoms with van der Waals surface area (Å²) in [5.41, 5.74) is 0.690. The van der Waals surface area contributed by atoms with Crippen molar-refractivity contribution in [3.8, 4) is 0 Å². The molecule has 0 saturated carbocycles. The lowest BCUT2D eigenvalue weighted by Gasteiger charge is -2.09. The Bertz CT molecular complexity index is 988. The minimum absolute atomic E-state index is 0.103. The smallest absolute Gasteiger partial charge is 0.276 e. The summed E-state index contributed by atoms with van der Waals surface area (Å²) in [6.45, 7) is 1.42. The molecule has 28 heavy (non-hydrogen) atoms. The summed E-state index contributed by atoms with van der Waals surface area (Å²) < 4.78 is 27.2. The summed E-state index contributed by atoms with van der Waals surface area (Å²) in [6.07, 6.45) is 2.50. The van der Waals surface area contributed by atoms with Crippen LogP contribution in [0.2, 0.25) is 0 Å². The summed E-state index contributed by atoms with van der Waals surface area (Å²) >= 11 is 0. The third-order valence-electron chi connectivity index (χ3n) is 3.56. The standard InChI is InChI=1S/C19H15F2N5O2/c1-11(27)24-12-5-7-13(8-6-12)25-17-10-22-16(9-23-17)19(28)26-18-14(20)3-2-4-15(18)21/h2-10H,1H3,(H,23,25)(H,24,27)(H,26,28). The summed E-state index contributed by atoms with van der Waals surface area (Å²) in [7, 11) is 0. The highest BCUT2D eigenvalue weighted by Crippen LogP contribution is 2.19. The van der Waals surface area contributed by atoms with Gasteiger partial charge in [0.25, 0.3) is 5.91 Å². The van der Waals surface area contributed by atoms with Crippen molar-refractivity contribution >= 4 is 34.7 Å². The number of benzene rings is 2. The summed E-state index contributed by atoms with van der Waals surface area (Å²) in [5, 5.41) is 7.77. The van der Waals surface area contributed by atoms with E-state index in [2.05, 4.69) is 25.9 Å². The van der Waals surface area contributed by atoms with Crippen LogP contribution >= 0.6 is 0 Å². The molecule has 0 aliphatic rings. The van der Waals surface area contributed by atoms with E-state index >= 15 is 0 Å². The first-order valence-electron chi connectivity index (χ1n) is 8.14. The first kappa shape index (κ1) is 18.9. The zero-order chi connectivity index (χ0) is 20.1. The molecular formula is C19H15F2N5O2. The van der Waals surface area contributed by atoms with Crippen molar-refractivity contribution in [2.45, 2.75) is 6.92 Å². The molecule has 142 valence electrons. The number of para-hydroxylation sites is 1. The fraction of sp³-hybridized carbons (Fsp3) is 0.0526. The van der Waals surface area contributed by atoms with Gasteiger partial charge in [0.15, 0.2) is 0 Å². The van der Waals surface area contributed by atoms with Crippen molar-refractivity contribution in [2.75, 3.05) is 16.0 Å². The fourth-order valence-corrected chi connectivity index (χ4v) is 2.29. The number of nitrogens with zero attached hydrogens (tertiary/aromatic N) is 2. The SMILES string of the molecule is CC(=O)Nc1ccc(Nc2cnc(C(=O)Nc3c(F)cccc3F)cn2)cc1. The van der Waals surface area contributed by atoms with E-state index in [-0.39, 0.29) is 11.6 Å². The highest BCUT2D eigenvalue weighted by molar-refractivity contribution is 6.02. The van der Waals surface area contributed by atoms with E-state index in [0.717, 1.165) is 12.1 Å². The molecule has 0 saturated heterocycles. The molecule has 0 aliphatic carbocycles. The molecule has 0 fully saturated rings. The zero-order valence-corrected chi connectivity index (χ0v) is 14.7. The van der Waals surface area contributed by atoms with Crippen LogP contribution in [-0.4, -0.2) is 21.8 Å². The largest absolute Gasteiger partial charge is 0.339 e. The van der Waals surface area contributed by atoms with Crippen molar-refractivity contribution in [1.29, 1.82) is 0 Å². The average Bonchev–Trinajstić information content (AvgIpc) is 2.66. The van der Waals surface area contributed by atoms with Crippen molar-refractivity contribution in [3.05, 3.63) is 72.2 Å². The summed E-state index contributed by atoms with van der Waals surface area (Å²) in [5.74, 6) is -2.37. The number of carbonyl (C=O) groups is 2. The van der Waals surface area contributed by atoms with Gasteiger partial charge in [0, 0.05) is 18.3 Å². The molecule has 1 aromatic heterocycles. The number of halogens is 2. The van der Waals surface area contributed by atoms with E-state index in [1.54, 1.807) is 24.3 Å². The maximum absolute atomic E-state index is 13.6. The molecular weight excluding hydrogens is 368 g/mol. The van der Waals surface area contributed by atoms with E-state index in [1.807, 2.05) is 0 Å². The normalized spacial score (nSPS) is 10.2. The molecule has 0 bridgehead atoms. The molecule has 3 rings (SSSR count). The highest BCUT2D eigenvalue weighted by atomic mass is 19.1. The topological polar surface area (TPSA) is 96.0 Å². The maximum Gasteiger partial charge on any atom is 0.276 e. The number of aromatic nitrogens is 2. The van der Waals surface area contributed by atoms with Gasteiger partial charge in [0.05, 0.1) is 12.4 Å². The Morgan fingerprint density at radius 3 is 2.07 bits per heavy atom. The molecule has 0 radical (unpaired) electrons. The minimum atomic E-state index is -0.887. The third-order valence-corrected chi connectivity index (χ3v) is 3.56. The minimum Gasteiger partial charge on any atom is -0.339 e. The second kappa shape index (κ2) is 8.21. The number of hydrogen-bond donors (Lipinski definition) is 3. The highest BCUT2D eigenvalue weighted by Gasteiger charge is 2.14. The van der Waals surface area contributed by atoms with Gasteiger partial charge in [-0.3, -0.25) is 9.59 Å². The van der Waals surface area contributed by atoms with Crippen LogP contribution < -0.4 is 16.0 Å². The van der Waals surface area contributed by atoms with Gasteiger partial charge in [-0.1, -0.05) is 6.07 Å². The molecule has 9 heteroatoms. The fourth-order valence-electron chi connectivity index (χ4n) is 2.29. The van der Waals surface area contributed by atoms with Crippen LogP contribution in [0.4, 0.5) is 31.7 Å². The van der Waals surface area contributed by atoms with E-state index in [4.69, 9.17) is 0 Å². The Balaban J connectivity index is 1.66. The second-order valence-corrected chi connectivity index (χ2v) is 5.72. The van der Waals surface area contributed by atoms with Gasteiger partial charge in [0.1, 0.15) is 28.8 Å². The van der Waals surface area contributed by atoms with Crippen LogP contribution in [0.1, 0.15) is 17.4 Å². The molecule has 0 unspecified atom stereocenters. The van der Waals surface area contributed by atoms with Gasteiger partial charge in [-0.2, -0.15) is 0 Å². The van der Waals surface area contributed by atoms with E-state index < -0.39 is 23.2 Å². The van der Waals surface area contributed by atoms with Crippen LogP contribution in [-0.2, 0) is 4.79 Å². The Labute approximate surface area is 158 Å². The number of nitrogens with one attached hydrogen (secondary N) is 3. The lowest BCUT2D eigenvalue weighted by atomic mass is 10.2. The van der Waals surface area contributed by atoms with Gasteiger partial charge in [-0.15, -0.1) is 0 Å². The van der Waals surface area contributed by atoms with Crippen molar-refractivity contribution in [1.82, 2.24) is 9.97 Å². The van der Waals surface area contributed by atoms with Crippen LogP contribution in [0.3, 0.4) is 0 Å². The van der Waals surface area contributed by atoms with E-state index in [0.29, 0.717) is 17.2 Å². The van der Waals surface area contributed by atoms with Gasteiger partial charge >= 0.3 is 0 Å². The Kier molecular flexibility index (Phi) is 5.54. The van der Waals surface area contributed by atoms with Crippen LogP contribution in [0, 0.1) is 11.6 Å². The van der Waals surface area contributed by atoms with Gasteiger partial charge in [-0.05, 0) is 36.4 Å². The number of hydrogen-bond acceptors (Lipinski definition) is 5. The quantitative estimate of drug-likeness (QED) is 0.624. The van der Waals surface area contributed by atoms with Crippen LogP contribution in [0.15, 0.2) is 54.9 Å². The van der Waals surface area contributed by atoms with Gasteiger partial charge in [0.2, 0.25) is 5.91 Å². The van der Waals surface area contributed by atoms with Crippen molar-refractivity contribution < 1.29 is 18.4 Å². The van der Waals surface area contributed by atoms with E-state index in [9.17, 15) is 18.4 Å². The average molecular weight is 383 g/mol. The molecule has 3 aromatic rings.